The number of hydrogen-bond donors (Lipinski definition) is 2. The molecule has 4 aromatic rings. The summed E-state index contributed by atoms with van der Waals surface area (Å²) in [6.07, 6.45) is -3.47. The van der Waals surface area contributed by atoms with E-state index >= 15 is 0 Å². The summed E-state index contributed by atoms with van der Waals surface area (Å²) >= 11 is 0. The van der Waals surface area contributed by atoms with E-state index in [9.17, 15) is 19.2 Å². The molecular weight excluding hydrogens is 460 g/mol. The van der Waals surface area contributed by atoms with Gasteiger partial charge in [0, 0.05) is 36.0 Å². The van der Waals surface area contributed by atoms with Crippen LogP contribution in [-0.2, 0) is 28.7 Å². The molecule has 0 unspecified atom stereocenters. The molecule has 0 heterocycles. The minimum Gasteiger partial charge on any atom is -0.448 e. The smallest absolute Gasteiger partial charge is 0.303 e. The third-order valence-corrected chi connectivity index (χ3v) is 5.47. The van der Waals surface area contributed by atoms with Gasteiger partial charge in [0.25, 0.3) is 11.8 Å². The normalized spacial score (nSPS) is 12.4. The van der Waals surface area contributed by atoms with Crippen LogP contribution in [-0.4, -0.2) is 36.0 Å². The Labute approximate surface area is 207 Å². The summed E-state index contributed by atoms with van der Waals surface area (Å²) in [7, 11) is 0. The molecule has 4 rings (SSSR count). The Hall–Kier alpha value is -4.72. The number of carbonyl (C=O) groups excluding carboxylic acids is 4. The van der Waals surface area contributed by atoms with Crippen molar-refractivity contribution in [2.45, 2.75) is 26.1 Å². The van der Waals surface area contributed by atoms with Crippen molar-refractivity contribution in [3.8, 4) is 0 Å². The van der Waals surface area contributed by atoms with Gasteiger partial charge in [-0.2, -0.15) is 0 Å². The highest BCUT2D eigenvalue weighted by Crippen LogP contribution is 2.25. The lowest BCUT2D eigenvalue weighted by Crippen LogP contribution is -2.49. The monoisotopic (exact) mass is 484 g/mol. The molecule has 0 radical (unpaired) electrons. The van der Waals surface area contributed by atoms with Crippen molar-refractivity contribution in [2.24, 2.45) is 0 Å². The number of amides is 2. The molecule has 0 fully saturated rings. The van der Waals surface area contributed by atoms with Crippen LogP contribution in [0.3, 0.4) is 0 Å². The van der Waals surface area contributed by atoms with Gasteiger partial charge in [-0.15, -0.1) is 0 Å². The van der Waals surface area contributed by atoms with Gasteiger partial charge >= 0.3 is 11.9 Å². The van der Waals surface area contributed by atoms with E-state index in [4.69, 9.17) is 9.47 Å². The van der Waals surface area contributed by atoms with E-state index in [1.807, 2.05) is 60.7 Å². The Bertz CT molecular complexity index is 1340. The maximum absolute atomic E-state index is 13.3. The van der Waals surface area contributed by atoms with Gasteiger partial charge in [0.05, 0.1) is 0 Å². The van der Waals surface area contributed by atoms with Crippen LogP contribution in [0.4, 0.5) is 11.4 Å². The van der Waals surface area contributed by atoms with E-state index in [0.717, 1.165) is 35.4 Å². The fourth-order valence-electron chi connectivity index (χ4n) is 3.94. The largest absolute Gasteiger partial charge is 0.448 e. The molecule has 2 atom stereocenters. The second-order valence-corrected chi connectivity index (χ2v) is 8.09. The van der Waals surface area contributed by atoms with Crippen molar-refractivity contribution in [3.63, 3.8) is 0 Å². The van der Waals surface area contributed by atoms with Crippen molar-refractivity contribution < 1.29 is 28.7 Å². The van der Waals surface area contributed by atoms with Gasteiger partial charge in [0.2, 0.25) is 12.2 Å². The molecule has 0 saturated carbocycles. The summed E-state index contributed by atoms with van der Waals surface area (Å²) in [5.74, 6) is -3.27. The van der Waals surface area contributed by atoms with E-state index in [1.54, 1.807) is 24.3 Å². The maximum atomic E-state index is 13.3. The lowest BCUT2D eigenvalue weighted by atomic mass is 10.1. The molecule has 0 saturated heterocycles. The second-order valence-electron chi connectivity index (χ2n) is 8.09. The Morgan fingerprint density at radius 1 is 0.556 bits per heavy atom. The summed E-state index contributed by atoms with van der Waals surface area (Å²) in [4.78, 5) is 50.4. The SMILES string of the molecule is CC(=O)O[C@@H](C(=O)Nc1cccc2ccccc12)[C@@H](OC(C)=O)C(=O)Nc1cccc2ccccc12. The predicted molar refractivity (Wildman–Crippen MR) is 136 cm³/mol. The number of esters is 2. The van der Waals surface area contributed by atoms with Crippen LogP contribution < -0.4 is 10.6 Å². The molecule has 8 heteroatoms. The van der Waals surface area contributed by atoms with Crippen LogP contribution in [0.2, 0.25) is 0 Å². The number of ether oxygens (including phenoxy) is 2. The molecule has 0 aromatic heterocycles. The Balaban J connectivity index is 1.66. The summed E-state index contributed by atoms with van der Waals surface area (Å²) in [5.41, 5.74) is 0.901. The Morgan fingerprint density at radius 3 is 1.31 bits per heavy atom. The molecule has 8 nitrogen and oxygen atoms in total. The molecule has 0 aliphatic carbocycles. The van der Waals surface area contributed by atoms with Gasteiger partial charge in [-0.05, 0) is 22.9 Å². The summed E-state index contributed by atoms with van der Waals surface area (Å²) < 4.78 is 10.4. The average Bonchev–Trinajstić information content (AvgIpc) is 2.86. The highest BCUT2D eigenvalue weighted by atomic mass is 16.6. The first-order chi connectivity index (χ1) is 17.3. The highest BCUT2D eigenvalue weighted by molar-refractivity contribution is 6.09. The predicted octanol–water partition coefficient (Wildman–Crippen LogP) is 4.43. The quantitative estimate of drug-likeness (QED) is 0.376. The van der Waals surface area contributed by atoms with Gasteiger partial charge in [0.15, 0.2) is 0 Å². The molecule has 4 aromatic carbocycles. The van der Waals surface area contributed by atoms with Gasteiger partial charge in [-0.3, -0.25) is 19.2 Å². The molecule has 2 amide bonds. The fourth-order valence-corrected chi connectivity index (χ4v) is 3.94. The topological polar surface area (TPSA) is 111 Å². The van der Waals surface area contributed by atoms with E-state index in [1.165, 1.54) is 0 Å². The van der Waals surface area contributed by atoms with Crippen molar-refractivity contribution in [3.05, 3.63) is 84.9 Å². The Morgan fingerprint density at radius 2 is 0.917 bits per heavy atom. The number of rotatable bonds is 7. The van der Waals surface area contributed by atoms with E-state index in [0.29, 0.717) is 11.4 Å². The number of nitrogens with one attached hydrogen (secondary N) is 2. The van der Waals surface area contributed by atoms with Crippen LogP contribution in [0.25, 0.3) is 21.5 Å². The van der Waals surface area contributed by atoms with Crippen LogP contribution in [0.1, 0.15) is 13.8 Å². The van der Waals surface area contributed by atoms with E-state index in [-0.39, 0.29) is 0 Å². The van der Waals surface area contributed by atoms with Crippen molar-refractivity contribution in [2.75, 3.05) is 10.6 Å². The molecule has 2 N–H and O–H groups in total. The third-order valence-electron chi connectivity index (χ3n) is 5.47. The van der Waals surface area contributed by atoms with Crippen LogP contribution in [0, 0.1) is 0 Å². The summed E-state index contributed by atoms with van der Waals surface area (Å²) in [6, 6.07) is 25.4. The molecule has 182 valence electrons. The fraction of sp³-hybridized carbons (Fsp3) is 0.143. The number of hydrogen-bond acceptors (Lipinski definition) is 6. The van der Waals surface area contributed by atoms with Gasteiger partial charge in [-0.1, -0.05) is 72.8 Å². The molecule has 0 aliphatic heterocycles. The highest BCUT2D eigenvalue weighted by Gasteiger charge is 2.39. The minimum absolute atomic E-state index is 0.450. The summed E-state index contributed by atoms with van der Waals surface area (Å²) in [5, 5.41) is 8.67. The second kappa shape index (κ2) is 10.7. The van der Waals surface area contributed by atoms with Crippen LogP contribution in [0.5, 0.6) is 0 Å². The number of benzene rings is 4. The van der Waals surface area contributed by atoms with Gasteiger partial charge in [-0.25, -0.2) is 0 Å². The van der Waals surface area contributed by atoms with Gasteiger partial charge < -0.3 is 20.1 Å². The first-order valence-electron chi connectivity index (χ1n) is 11.2. The first kappa shape index (κ1) is 24.4. The maximum Gasteiger partial charge on any atom is 0.303 e. The zero-order valence-electron chi connectivity index (χ0n) is 19.7. The third kappa shape index (κ3) is 5.50. The average molecular weight is 485 g/mol. The summed E-state index contributed by atoms with van der Waals surface area (Å²) in [6.45, 7) is 2.21. The van der Waals surface area contributed by atoms with E-state index in [2.05, 4.69) is 10.6 Å². The molecular formula is C28H24N2O6. The molecule has 0 spiro atoms. The van der Waals surface area contributed by atoms with Crippen molar-refractivity contribution in [1.82, 2.24) is 0 Å². The van der Waals surface area contributed by atoms with Crippen LogP contribution in [0.15, 0.2) is 84.9 Å². The zero-order chi connectivity index (χ0) is 25.7. The van der Waals surface area contributed by atoms with Gasteiger partial charge in [0.1, 0.15) is 0 Å². The Kier molecular flexibility index (Phi) is 7.25. The van der Waals surface area contributed by atoms with Crippen molar-refractivity contribution in [1.29, 1.82) is 0 Å². The lowest BCUT2D eigenvalue weighted by molar-refractivity contribution is -0.171. The first-order valence-corrected chi connectivity index (χ1v) is 11.2. The van der Waals surface area contributed by atoms with E-state index < -0.39 is 36.0 Å². The minimum atomic E-state index is -1.74. The standard InChI is InChI=1S/C28H24N2O6/c1-17(31)35-25(27(33)29-23-15-7-11-19-9-3-5-13-21(19)23)26(36-18(2)32)28(34)30-24-16-8-12-20-10-4-6-14-22(20)24/h3-16,25-26H,1-2H3,(H,29,33)(H,30,34)/t25-,26-/m1/s1. The molecule has 36 heavy (non-hydrogen) atoms. The van der Waals surface area contributed by atoms with Crippen molar-refractivity contribution >= 4 is 56.7 Å². The number of fused-ring (bicyclic) bond motifs is 2. The zero-order valence-corrected chi connectivity index (χ0v) is 19.7. The molecule has 0 bridgehead atoms. The number of carbonyl (C=O) groups is 4. The molecule has 0 aliphatic rings. The lowest BCUT2D eigenvalue weighted by Gasteiger charge is -2.25. The van der Waals surface area contributed by atoms with Crippen LogP contribution >= 0.6 is 0 Å². The number of anilines is 2.